The number of unbranched alkanes of at least 4 members (excludes halogenated alkanes) is 7. The predicted molar refractivity (Wildman–Crippen MR) is 313 cm³/mol. The van der Waals surface area contributed by atoms with E-state index < -0.39 is 88.3 Å². The van der Waals surface area contributed by atoms with Crippen molar-refractivity contribution in [2.45, 2.75) is 266 Å². The van der Waals surface area contributed by atoms with Crippen molar-refractivity contribution >= 4 is 59.6 Å². The van der Waals surface area contributed by atoms with Crippen LogP contribution < -0.4 is 42.5 Å². The zero-order chi connectivity index (χ0) is 61.1. The molecule has 0 aromatic rings. The van der Waals surface area contributed by atoms with Crippen molar-refractivity contribution in [2.75, 3.05) is 33.7 Å². The first kappa shape index (κ1) is 72.7. The van der Waals surface area contributed by atoms with Crippen molar-refractivity contribution in [3.8, 4) is 0 Å². The van der Waals surface area contributed by atoms with Gasteiger partial charge in [0.25, 0.3) is 0 Å². The standard InChI is InChI=1S/C59H109N11O10/c1-18-20-22-23-24-26-28-46(70(38-71)48-29-27-33-69(48)49(73)30-25-21-19-2)53(77)63-45(36-41(7)8)52(76)65-58(12,13)55(79)64-43(34-39(3)4)50(74)62-44(35-40(5)6)51(75)66-59(14,15)56(80)67-57(10,11)54(78)60-32-31-47(72)61-42(9)37-68(16)17/h38-46,48H,18-37H2,1-17H3,(H,60,78)(H,61,72)(H,62,74)(H,63,77)(H,64,79)(H,65,76)(H,66,75)(H,67,80)/t42-,43+,44+,45-,46-,48+/m0/s1. The number of hydrogen-bond donors (Lipinski definition) is 8. The summed E-state index contributed by atoms with van der Waals surface area (Å²) in [7, 11) is 3.80. The smallest absolute Gasteiger partial charge is 0.246 e. The van der Waals surface area contributed by atoms with E-state index in [1.54, 1.807) is 4.90 Å². The monoisotopic (exact) mass is 1130 g/mol. The molecule has 21 nitrogen and oxygen atoms in total. The maximum Gasteiger partial charge on any atom is 0.246 e. The van der Waals surface area contributed by atoms with Gasteiger partial charge in [0, 0.05) is 38.5 Å². The summed E-state index contributed by atoms with van der Waals surface area (Å²) in [5.41, 5.74) is -4.65. The number of carbonyl (C=O) groups excluding carboxylic acids is 10. The van der Waals surface area contributed by atoms with E-state index in [0.717, 1.165) is 51.4 Å². The first-order valence-corrected chi connectivity index (χ1v) is 29.9. The summed E-state index contributed by atoms with van der Waals surface area (Å²) in [5.74, 6) is -5.02. The average molecular weight is 1130 g/mol. The van der Waals surface area contributed by atoms with E-state index in [1.165, 1.54) is 46.4 Å². The highest BCUT2D eigenvalue weighted by atomic mass is 16.2. The number of hydrogen-bond acceptors (Lipinski definition) is 11. The SMILES string of the molecule is CCCCCCCC[C@@H](C(=O)N[C@@H](CC(C)C)C(=O)NC(C)(C)C(=O)N[C@H](CC(C)C)C(=O)N[C@H](CC(C)C)C(=O)NC(C)(C)C(=O)NC(C)(C)C(=O)NCCC(=O)N[C@@H](C)CN(C)C)N(C=O)[C@@H]1CCCN1C(=O)CCCCC. The fraction of sp³-hybridized carbons (Fsp3) is 0.831. The molecule has 0 bridgehead atoms. The van der Waals surface area contributed by atoms with Gasteiger partial charge in [-0.1, -0.05) is 107 Å². The van der Waals surface area contributed by atoms with Crippen LogP contribution in [-0.2, 0) is 47.9 Å². The van der Waals surface area contributed by atoms with Gasteiger partial charge in [-0.2, -0.15) is 0 Å². The molecule has 8 N–H and O–H groups in total. The molecule has 21 heteroatoms. The second-order valence-corrected chi connectivity index (χ2v) is 25.4. The Balaban J connectivity index is 3.30. The Kier molecular flexibility index (Phi) is 32.3. The van der Waals surface area contributed by atoms with Gasteiger partial charge in [0.15, 0.2) is 0 Å². The summed E-state index contributed by atoms with van der Waals surface area (Å²) in [4.78, 5) is 142. The number of likely N-dealkylation sites (N-methyl/N-ethyl adjacent to an activating group) is 1. The Morgan fingerprint density at radius 1 is 0.562 bits per heavy atom. The van der Waals surface area contributed by atoms with Gasteiger partial charge in [0.05, 0.1) is 0 Å². The molecule has 0 saturated carbocycles. The van der Waals surface area contributed by atoms with Gasteiger partial charge in [-0.15, -0.1) is 0 Å². The molecule has 0 unspecified atom stereocenters. The van der Waals surface area contributed by atoms with Crippen LogP contribution in [0.15, 0.2) is 0 Å². The van der Waals surface area contributed by atoms with Gasteiger partial charge in [0.1, 0.15) is 46.9 Å². The predicted octanol–water partition coefficient (Wildman–Crippen LogP) is 4.94. The van der Waals surface area contributed by atoms with E-state index in [0.29, 0.717) is 51.6 Å². The summed E-state index contributed by atoms with van der Waals surface area (Å²) >= 11 is 0. The van der Waals surface area contributed by atoms with Gasteiger partial charge in [-0.05, 0) is 125 Å². The third-order valence-corrected chi connectivity index (χ3v) is 14.2. The molecule has 0 spiro atoms. The fourth-order valence-corrected chi connectivity index (χ4v) is 9.74. The molecule has 1 saturated heterocycles. The maximum absolute atomic E-state index is 14.6. The highest BCUT2D eigenvalue weighted by Gasteiger charge is 2.42. The largest absolute Gasteiger partial charge is 0.354 e. The first-order chi connectivity index (χ1) is 37.2. The van der Waals surface area contributed by atoms with E-state index >= 15 is 0 Å². The zero-order valence-electron chi connectivity index (χ0n) is 52.3. The zero-order valence-corrected chi connectivity index (χ0v) is 52.3. The molecule has 1 rings (SSSR count). The van der Waals surface area contributed by atoms with Crippen molar-refractivity contribution in [2.24, 2.45) is 17.8 Å². The lowest BCUT2D eigenvalue weighted by atomic mass is 9.96. The Morgan fingerprint density at radius 3 is 1.55 bits per heavy atom. The highest BCUT2D eigenvalue weighted by Crippen LogP contribution is 2.26. The normalized spacial score (nSPS) is 15.8. The van der Waals surface area contributed by atoms with Crippen LogP contribution >= 0.6 is 0 Å². The fourth-order valence-electron chi connectivity index (χ4n) is 9.74. The molecule has 0 aromatic heterocycles. The van der Waals surface area contributed by atoms with Crippen molar-refractivity contribution in [1.29, 1.82) is 0 Å². The molecule has 1 aliphatic rings. The van der Waals surface area contributed by atoms with E-state index in [4.69, 9.17) is 0 Å². The van der Waals surface area contributed by atoms with E-state index in [-0.39, 0.29) is 67.8 Å². The Labute approximate surface area is 480 Å². The summed E-state index contributed by atoms with van der Waals surface area (Å²) in [6, 6.07) is -4.48. The quantitative estimate of drug-likeness (QED) is 0.0302. The second-order valence-electron chi connectivity index (χ2n) is 25.4. The summed E-state index contributed by atoms with van der Waals surface area (Å²) < 4.78 is 0. The topological polar surface area (TPSA) is 277 Å². The number of amides is 10. The summed E-state index contributed by atoms with van der Waals surface area (Å²) in [6.07, 6.45) is 10.8. The minimum atomic E-state index is -1.63. The lowest BCUT2D eigenvalue weighted by Gasteiger charge is -2.38. The molecule has 1 heterocycles. The lowest BCUT2D eigenvalue weighted by molar-refractivity contribution is -0.146. The van der Waals surface area contributed by atoms with Crippen molar-refractivity contribution in [3.63, 3.8) is 0 Å². The molecule has 1 fully saturated rings. The Bertz CT molecular complexity index is 2010. The van der Waals surface area contributed by atoms with Crippen molar-refractivity contribution < 1.29 is 47.9 Å². The molecule has 6 atom stereocenters. The maximum atomic E-state index is 14.6. The molecular weight excluding hydrogens is 1020 g/mol. The summed E-state index contributed by atoms with van der Waals surface area (Å²) in [6.45, 7) is 27.4. The van der Waals surface area contributed by atoms with E-state index in [2.05, 4.69) is 56.4 Å². The average Bonchev–Trinajstić information content (AvgIpc) is 3.82. The molecule has 10 amide bonds. The van der Waals surface area contributed by atoms with Crippen LogP contribution in [0.4, 0.5) is 0 Å². The molecule has 0 radical (unpaired) electrons. The molecule has 0 aliphatic carbocycles. The van der Waals surface area contributed by atoms with Crippen LogP contribution in [-0.4, -0.2) is 161 Å². The van der Waals surface area contributed by atoms with Gasteiger partial charge in [-0.3, -0.25) is 47.9 Å². The van der Waals surface area contributed by atoms with Crippen LogP contribution in [0.3, 0.4) is 0 Å². The van der Waals surface area contributed by atoms with E-state index in [1.807, 2.05) is 67.5 Å². The molecule has 80 heavy (non-hydrogen) atoms. The molecule has 0 aromatic carbocycles. The Hall–Kier alpha value is -5.34. The first-order valence-electron chi connectivity index (χ1n) is 29.9. The number of likely N-dealkylation sites (tertiary alicyclic amines) is 1. The van der Waals surface area contributed by atoms with Gasteiger partial charge < -0.3 is 57.2 Å². The van der Waals surface area contributed by atoms with Gasteiger partial charge in [0.2, 0.25) is 59.6 Å². The number of carbonyl (C=O) groups is 10. The number of nitrogens with one attached hydrogen (secondary N) is 8. The lowest BCUT2D eigenvalue weighted by Crippen LogP contribution is -2.65. The van der Waals surface area contributed by atoms with Crippen LogP contribution in [0.1, 0.15) is 213 Å². The summed E-state index contributed by atoms with van der Waals surface area (Å²) in [5, 5.41) is 22.4. The number of rotatable bonds is 39. The van der Waals surface area contributed by atoms with Crippen LogP contribution in [0.5, 0.6) is 0 Å². The van der Waals surface area contributed by atoms with Crippen LogP contribution in [0.25, 0.3) is 0 Å². The van der Waals surface area contributed by atoms with Crippen LogP contribution in [0, 0.1) is 17.8 Å². The van der Waals surface area contributed by atoms with Gasteiger partial charge >= 0.3 is 0 Å². The van der Waals surface area contributed by atoms with Crippen LogP contribution in [0.2, 0.25) is 0 Å². The minimum absolute atomic E-state index is 0.0312. The highest BCUT2D eigenvalue weighted by molar-refractivity contribution is 5.99. The third kappa shape index (κ3) is 26.5. The number of nitrogens with zero attached hydrogens (tertiary/aromatic N) is 3. The minimum Gasteiger partial charge on any atom is -0.354 e. The second kappa shape index (κ2) is 35.5. The van der Waals surface area contributed by atoms with Crippen molar-refractivity contribution in [3.05, 3.63) is 0 Å². The van der Waals surface area contributed by atoms with Crippen molar-refractivity contribution in [1.82, 2.24) is 57.2 Å². The molecule has 460 valence electrons. The Morgan fingerprint density at radius 2 is 1.04 bits per heavy atom. The molecular formula is C59H109N11O10. The third-order valence-electron chi connectivity index (χ3n) is 14.2. The molecule has 1 aliphatic heterocycles. The van der Waals surface area contributed by atoms with Gasteiger partial charge in [-0.25, -0.2) is 0 Å². The van der Waals surface area contributed by atoms with E-state index in [9.17, 15) is 47.9 Å².